The fourth-order valence-electron chi connectivity index (χ4n) is 4.11. The van der Waals surface area contributed by atoms with Gasteiger partial charge in [0.15, 0.2) is 0 Å². The molecule has 1 heterocycles. The third-order valence-electron chi connectivity index (χ3n) is 5.39. The van der Waals surface area contributed by atoms with Crippen LogP contribution in [0.2, 0.25) is 0 Å². The van der Waals surface area contributed by atoms with Crippen molar-refractivity contribution in [1.82, 2.24) is 9.55 Å². The number of carbonyl (C=O) groups is 1. The fraction of sp³-hybridized carbons (Fsp3) is 0.167. The summed E-state index contributed by atoms with van der Waals surface area (Å²) in [6.07, 6.45) is 2.96. The molecule has 1 N–H and O–H groups in total. The van der Waals surface area contributed by atoms with Gasteiger partial charge in [0.25, 0.3) is 0 Å². The van der Waals surface area contributed by atoms with Gasteiger partial charge in [0.2, 0.25) is 5.91 Å². The molecule has 0 bridgehead atoms. The molecular formula is C24H21N3OS. The zero-order valence-corrected chi connectivity index (χ0v) is 17.0. The first-order chi connectivity index (χ1) is 14.2. The lowest BCUT2D eigenvalue weighted by molar-refractivity contribution is -0.116. The Morgan fingerprint density at radius 1 is 1.03 bits per heavy atom. The molecule has 4 aromatic rings. The Balaban J connectivity index is 1.38. The normalized spacial score (nSPS) is 12.0. The highest BCUT2D eigenvalue weighted by Crippen LogP contribution is 2.37. The average molecular weight is 400 g/mol. The van der Waals surface area contributed by atoms with Crippen molar-refractivity contribution in [3.63, 3.8) is 0 Å². The lowest BCUT2D eigenvalue weighted by Gasteiger charge is -2.11. The number of nitrogens with zero attached hydrogens (tertiary/aromatic N) is 2. The van der Waals surface area contributed by atoms with E-state index in [-0.39, 0.29) is 12.5 Å². The number of benzene rings is 3. The van der Waals surface area contributed by atoms with Gasteiger partial charge in [0.05, 0.1) is 16.8 Å². The van der Waals surface area contributed by atoms with Gasteiger partial charge in [0.1, 0.15) is 12.4 Å². The summed E-state index contributed by atoms with van der Waals surface area (Å²) in [7, 11) is 0. The molecule has 0 saturated carbocycles. The molecule has 0 unspecified atom stereocenters. The highest BCUT2D eigenvalue weighted by atomic mass is 32.2. The minimum atomic E-state index is -0.0361. The van der Waals surface area contributed by atoms with E-state index in [1.165, 1.54) is 22.3 Å². The van der Waals surface area contributed by atoms with Crippen molar-refractivity contribution in [3.05, 3.63) is 83.7 Å². The molecule has 0 saturated heterocycles. The second kappa shape index (κ2) is 7.41. The van der Waals surface area contributed by atoms with Crippen molar-refractivity contribution >= 4 is 34.4 Å². The van der Waals surface area contributed by atoms with Gasteiger partial charge < -0.3 is 9.88 Å². The Morgan fingerprint density at radius 2 is 1.83 bits per heavy atom. The highest BCUT2D eigenvalue weighted by Gasteiger charge is 2.19. The van der Waals surface area contributed by atoms with Gasteiger partial charge in [-0.25, -0.2) is 4.98 Å². The number of imidazole rings is 1. The SMILES string of the molecule is CSCc1nc2ccccc2n1CC(=O)Nc1ccc2c(c1)Cc1ccccc1-2. The van der Waals surface area contributed by atoms with E-state index in [9.17, 15) is 4.79 Å². The summed E-state index contributed by atoms with van der Waals surface area (Å²) in [5, 5.41) is 3.08. The number of fused-ring (bicyclic) bond motifs is 4. The molecule has 4 nitrogen and oxygen atoms in total. The van der Waals surface area contributed by atoms with Crippen molar-refractivity contribution < 1.29 is 4.79 Å². The molecule has 5 heteroatoms. The van der Waals surface area contributed by atoms with Gasteiger partial charge in [-0.3, -0.25) is 4.79 Å². The number of anilines is 1. The van der Waals surface area contributed by atoms with Crippen LogP contribution in [0.15, 0.2) is 66.7 Å². The molecule has 1 amide bonds. The molecule has 0 aliphatic heterocycles. The van der Waals surface area contributed by atoms with Crippen LogP contribution in [0.4, 0.5) is 5.69 Å². The van der Waals surface area contributed by atoms with Crippen LogP contribution in [0.3, 0.4) is 0 Å². The molecular weight excluding hydrogens is 378 g/mol. The summed E-state index contributed by atoms with van der Waals surface area (Å²) in [5.74, 6) is 1.67. The number of carbonyl (C=O) groups excluding carboxylic acids is 1. The third-order valence-corrected chi connectivity index (χ3v) is 5.93. The molecule has 144 valence electrons. The van der Waals surface area contributed by atoms with Crippen molar-refractivity contribution in [1.29, 1.82) is 0 Å². The number of hydrogen-bond donors (Lipinski definition) is 1. The number of nitrogens with one attached hydrogen (secondary N) is 1. The summed E-state index contributed by atoms with van der Waals surface area (Å²) < 4.78 is 2.02. The largest absolute Gasteiger partial charge is 0.325 e. The summed E-state index contributed by atoms with van der Waals surface area (Å²) in [6, 6.07) is 22.7. The first kappa shape index (κ1) is 18.0. The summed E-state index contributed by atoms with van der Waals surface area (Å²) in [4.78, 5) is 17.5. The van der Waals surface area contributed by atoms with Gasteiger partial charge in [0, 0.05) is 5.69 Å². The molecule has 0 atom stereocenters. The predicted molar refractivity (Wildman–Crippen MR) is 120 cm³/mol. The lowest BCUT2D eigenvalue weighted by Crippen LogP contribution is -2.20. The molecule has 3 aromatic carbocycles. The summed E-state index contributed by atoms with van der Waals surface area (Å²) in [6.45, 7) is 0.258. The van der Waals surface area contributed by atoms with E-state index in [0.29, 0.717) is 0 Å². The predicted octanol–water partition coefficient (Wildman–Crippen LogP) is 5.11. The van der Waals surface area contributed by atoms with E-state index in [4.69, 9.17) is 4.98 Å². The number of thioether (sulfide) groups is 1. The molecule has 1 aliphatic carbocycles. The van der Waals surface area contributed by atoms with Gasteiger partial charge in [-0.05, 0) is 59.2 Å². The second-order valence-electron chi connectivity index (χ2n) is 7.29. The standard InChI is InChI=1S/C24H21N3OS/c1-29-15-23-26-21-8-4-5-9-22(21)27(23)14-24(28)25-18-10-11-20-17(13-18)12-16-6-2-3-7-19(16)20/h2-11,13H,12,14-15H2,1H3,(H,25,28). The quantitative estimate of drug-likeness (QED) is 0.447. The molecule has 1 aromatic heterocycles. The van der Waals surface area contributed by atoms with Crippen LogP contribution in [0.5, 0.6) is 0 Å². The molecule has 29 heavy (non-hydrogen) atoms. The first-order valence-electron chi connectivity index (χ1n) is 9.67. The smallest absolute Gasteiger partial charge is 0.244 e. The van der Waals surface area contributed by atoms with E-state index < -0.39 is 0 Å². The topological polar surface area (TPSA) is 46.9 Å². The lowest BCUT2D eigenvalue weighted by atomic mass is 10.1. The van der Waals surface area contributed by atoms with Crippen LogP contribution in [0.25, 0.3) is 22.2 Å². The third kappa shape index (κ3) is 3.32. The Hall–Kier alpha value is -3.05. The van der Waals surface area contributed by atoms with E-state index in [2.05, 4.69) is 41.7 Å². The van der Waals surface area contributed by atoms with Crippen LogP contribution in [-0.4, -0.2) is 21.7 Å². The summed E-state index contributed by atoms with van der Waals surface area (Å²) in [5.41, 5.74) is 7.94. The monoisotopic (exact) mass is 399 g/mol. The molecule has 1 aliphatic rings. The molecule has 5 rings (SSSR count). The van der Waals surface area contributed by atoms with Crippen LogP contribution in [-0.2, 0) is 23.5 Å². The van der Waals surface area contributed by atoms with E-state index >= 15 is 0 Å². The first-order valence-corrected chi connectivity index (χ1v) is 11.1. The van der Waals surface area contributed by atoms with Crippen LogP contribution >= 0.6 is 11.8 Å². The number of amides is 1. The van der Waals surface area contributed by atoms with Crippen molar-refractivity contribution in [2.45, 2.75) is 18.7 Å². The number of aromatic nitrogens is 2. The fourth-order valence-corrected chi connectivity index (χ4v) is 4.59. The minimum absolute atomic E-state index is 0.0361. The van der Waals surface area contributed by atoms with Crippen molar-refractivity contribution in [3.8, 4) is 11.1 Å². The molecule has 0 spiro atoms. The number of hydrogen-bond acceptors (Lipinski definition) is 3. The van der Waals surface area contributed by atoms with Crippen LogP contribution in [0.1, 0.15) is 17.0 Å². The average Bonchev–Trinajstić information content (AvgIpc) is 3.26. The zero-order valence-electron chi connectivity index (χ0n) is 16.2. The van der Waals surface area contributed by atoms with Crippen LogP contribution < -0.4 is 5.32 Å². The van der Waals surface area contributed by atoms with E-state index in [0.717, 1.165) is 34.7 Å². The minimum Gasteiger partial charge on any atom is -0.325 e. The zero-order chi connectivity index (χ0) is 19.8. The Kier molecular flexibility index (Phi) is 4.60. The van der Waals surface area contributed by atoms with E-state index in [1.54, 1.807) is 11.8 Å². The summed E-state index contributed by atoms with van der Waals surface area (Å²) >= 11 is 1.71. The van der Waals surface area contributed by atoms with Crippen LogP contribution in [0, 0.1) is 0 Å². The Bertz CT molecular complexity index is 1230. The number of rotatable bonds is 5. The Morgan fingerprint density at radius 3 is 2.72 bits per heavy atom. The van der Waals surface area contributed by atoms with Gasteiger partial charge >= 0.3 is 0 Å². The van der Waals surface area contributed by atoms with Gasteiger partial charge in [-0.15, -0.1) is 0 Å². The Labute approximate surface area is 174 Å². The van der Waals surface area contributed by atoms with E-state index in [1.807, 2.05) is 41.2 Å². The maximum Gasteiger partial charge on any atom is 0.244 e. The van der Waals surface area contributed by atoms with Gasteiger partial charge in [-0.2, -0.15) is 11.8 Å². The number of para-hydroxylation sites is 2. The van der Waals surface area contributed by atoms with Crippen molar-refractivity contribution in [2.75, 3.05) is 11.6 Å². The maximum absolute atomic E-state index is 12.8. The molecule has 0 radical (unpaired) electrons. The van der Waals surface area contributed by atoms with Crippen molar-refractivity contribution in [2.24, 2.45) is 0 Å². The molecule has 0 fully saturated rings. The maximum atomic E-state index is 12.8. The second-order valence-corrected chi connectivity index (χ2v) is 8.16. The van der Waals surface area contributed by atoms with Gasteiger partial charge in [-0.1, -0.05) is 42.5 Å². The highest BCUT2D eigenvalue weighted by molar-refractivity contribution is 7.97.